The summed E-state index contributed by atoms with van der Waals surface area (Å²) in [4.78, 5) is 23.1. The molecule has 1 rings (SSSR count). The fourth-order valence-corrected chi connectivity index (χ4v) is 1.24. The standard InChI is InChI=1S/C10H12N2O3/c1-7(13)9-6-8(11(2)3)4-5-10(9)12(14)15/h4-6H,1-3H3. The van der Waals surface area contributed by atoms with Gasteiger partial charge in [0.05, 0.1) is 10.5 Å². The summed E-state index contributed by atoms with van der Waals surface area (Å²) < 4.78 is 0. The van der Waals surface area contributed by atoms with Gasteiger partial charge in [-0.05, 0) is 19.1 Å². The molecule has 0 N–H and O–H groups in total. The summed E-state index contributed by atoms with van der Waals surface area (Å²) in [5.41, 5.74) is 0.769. The van der Waals surface area contributed by atoms with E-state index in [1.807, 2.05) is 14.1 Å². The summed E-state index contributed by atoms with van der Waals surface area (Å²) in [6.45, 7) is 1.32. The average Bonchev–Trinajstić information content (AvgIpc) is 2.16. The minimum atomic E-state index is -0.545. The molecule has 0 fully saturated rings. The van der Waals surface area contributed by atoms with Gasteiger partial charge in [-0.2, -0.15) is 0 Å². The zero-order valence-corrected chi connectivity index (χ0v) is 8.85. The molecule has 1 aromatic rings. The lowest BCUT2D eigenvalue weighted by Gasteiger charge is -2.12. The van der Waals surface area contributed by atoms with Crippen molar-refractivity contribution in [3.8, 4) is 0 Å². The summed E-state index contributed by atoms with van der Waals surface area (Å²) in [5.74, 6) is -0.301. The zero-order chi connectivity index (χ0) is 11.6. The Morgan fingerprint density at radius 3 is 2.40 bits per heavy atom. The van der Waals surface area contributed by atoms with E-state index in [4.69, 9.17) is 0 Å². The smallest absolute Gasteiger partial charge is 0.280 e. The predicted molar refractivity (Wildman–Crippen MR) is 57.4 cm³/mol. The molecule has 0 spiro atoms. The minimum Gasteiger partial charge on any atom is -0.378 e. The number of nitro benzene ring substituents is 1. The first-order valence-corrected chi connectivity index (χ1v) is 4.40. The monoisotopic (exact) mass is 208 g/mol. The quantitative estimate of drug-likeness (QED) is 0.432. The average molecular weight is 208 g/mol. The number of benzene rings is 1. The maximum Gasteiger partial charge on any atom is 0.280 e. The molecular formula is C10H12N2O3. The summed E-state index contributed by atoms with van der Waals surface area (Å²) in [5, 5.41) is 10.6. The molecule has 0 aliphatic heterocycles. The van der Waals surface area contributed by atoms with E-state index in [-0.39, 0.29) is 17.0 Å². The van der Waals surface area contributed by atoms with Gasteiger partial charge in [0.1, 0.15) is 0 Å². The van der Waals surface area contributed by atoms with Gasteiger partial charge in [0.25, 0.3) is 5.69 Å². The van der Waals surface area contributed by atoms with Crippen LogP contribution in [0.5, 0.6) is 0 Å². The Hall–Kier alpha value is -1.91. The van der Waals surface area contributed by atoms with Crippen LogP contribution in [-0.4, -0.2) is 24.8 Å². The van der Waals surface area contributed by atoms with Crippen molar-refractivity contribution in [2.75, 3.05) is 19.0 Å². The Morgan fingerprint density at radius 2 is 2.00 bits per heavy atom. The van der Waals surface area contributed by atoms with Gasteiger partial charge >= 0.3 is 0 Å². The lowest BCUT2D eigenvalue weighted by atomic mass is 10.1. The zero-order valence-electron chi connectivity index (χ0n) is 8.85. The number of ketones is 1. The van der Waals surface area contributed by atoms with Gasteiger partial charge in [-0.25, -0.2) is 0 Å². The highest BCUT2D eigenvalue weighted by Gasteiger charge is 2.17. The van der Waals surface area contributed by atoms with Crippen LogP contribution in [-0.2, 0) is 0 Å². The second kappa shape index (κ2) is 4.08. The van der Waals surface area contributed by atoms with Gasteiger partial charge in [-0.3, -0.25) is 14.9 Å². The van der Waals surface area contributed by atoms with Crippen molar-refractivity contribution >= 4 is 17.2 Å². The van der Waals surface area contributed by atoms with Crippen molar-refractivity contribution in [1.82, 2.24) is 0 Å². The van der Waals surface area contributed by atoms with Crippen LogP contribution in [0, 0.1) is 10.1 Å². The van der Waals surface area contributed by atoms with E-state index in [0.717, 1.165) is 5.69 Å². The molecule has 0 saturated carbocycles. The first kappa shape index (κ1) is 11.2. The largest absolute Gasteiger partial charge is 0.378 e. The van der Waals surface area contributed by atoms with Crippen molar-refractivity contribution < 1.29 is 9.72 Å². The topological polar surface area (TPSA) is 63.5 Å². The summed E-state index contributed by atoms with van der Waals surface area (Å²) >= 11 is 0. The molecule has 80 valence electrons. The lowest BCUT2D eigenvalue weighted by Crippen LogP contribution is -2.10. The maximum absolute atomic E-state index is 11.2. The molecule has 0 radical (unpaired) electrons. The Kier molecular flexibility index (Phi) is 3.04. The number of carbonyl (C=O) groups excluding carboxylic acids is 1. The number of nitrogens with zero attached hydrogens (tertiary/aromatic N) is 2. The second-order valence-electron chi connectivity index (χ2n) is 3.41. The Morgan fingerprint density at radius 1 is 1.40 bits per heavy atom. The number of Topliss-reactive ketones (excluding diaryl/α,β-unsaturated/α-hetero) is 1. The Balaban J connectivity index is 3.33. The van der Waals surface area contributed by atoms with E-state index in [2.05, 4.69) is 0 Å². The first-order chi connectivity index (χ1) is 6.93. The van der Waals surface area contributed by atoms with Gasteiger partial charge < -0.3 is 4.90 Å². The van der Waals surface area contributed by atoms with Crippen LogP contribution in [0.1, 0.15) is 17.3 Å². The van der Waals surface area contributed by atoms with Crippen molar-refractivity contribution in [3.63, 3.8) is 0 Å². The molecule has 0 aliphatic carbocycles. The number of rotatable bonds is 3. The highest BCUT2D eigenvalue weighted by Crippen LogP contribution is 2.24. The molecule has 0 aromatic heterocycles. The number of hydrogen-bond donors (Lipinski definition) is 0. The molecule has 0 atom stereocenters. The van der Waals surface area contributed by atoms with Crippen LogP contribution >= 0.6 is 0 Å². The van der Waals surface area contributed by atoms with Gasteiger partial charge in [0.2, 0.25) is 0 Å². The lowest BCUT2D eigenvalue weighted by molar-refractivity contribution is -0.385. The molecule has 0 aliphatic rings. The van der Waals surface area contributed by atoms with Crippen molar-refractivity contribution in [3.05, 3.63) is 33.9 Å². The number of nitro groups is 1. The van der Waals surface area contributed by atoms with Gasteiger partial charge in [-0.1, -0.05) is 0 Å². The molecule has 0 saturated heterocycles. The SMILES string of the molecule is CC(=O)c1cc(N(C)C)ccc1[N+](=O)[O-]. The number of hydrogen-bond acceptors (Lipinski definition) is 4. The molecule has 15 heavy (non-hydrogen) atoms. The summed E-state index contributed by atoms with van der Waals surface area (Å²) in [6.07, 6.45) is 0. The fraction of sp³-hybridized carbons (Fsp3) is 0.300. The second-order valence-corrected chi connectivity index (χ2v) is 3.41. The third-order valence-corrected chi connectivity index (χ3v) is 2.07. The molecule has 0 heterocycles. The highest BCUT2D eigenvalue weighted by molar-refractivity contribution is 5.99. The van der Waals surface area contributed by atoms with Crippen LogP contribution in [0.2, 0.25) is 0 Å². The number of carbonyl (C=O) groups is 1. The van der Waals surface area contributed by atoms with E-state index in [1.165, 1.54) is 19.1 Å². The van der Waals surface area contributed by atoms with Gasteiger partial charge in [0.15, 0.2) is 5.78 Å². The van der Waals surface area contributed by atoms with E-state index in [9.17, 15) is 14.9 Å². The van der Waals surface area contributed by atoms with Gasteiger partial charge in [-0.15, -0.1) is 0 Å². The highest BCUT2D eigenvalue weighted by atomic mass is 16.6. The van der Waals surface area contributed by atoms with E-state index < -0.39 is 4.92 Å². The summed E-state index contributed by atoms with van der Waals surface area (Å²) in [7, 11) is 3.62. The molecule has 5 nitrogen and oxygen atoms in total. The molecular weight excluding hydrogens is 196 g/mol. The van der Waals surface area contributed by atoms with Crippen LogP contribution < -0.4 is 4.90 Å². The van der Waals surface area contributed by atoms with Crippen LogP contribution in [0.15, 0.2) is 18.2 Å². The third-order valence-electron chi connectivity index (χ3n) is 2.07. The summed E-state index contributed by atoms with van der Waals surface area (Å²) in [6, 6.07) is 4.50. The Bertz CT molecular complexity index is 413. The van der Waals surface area contributed by atoms with Crippen LogP contribution in [0.25, 0.3) is 0 Å². The van der Waals surface area contributed by atoms with Crippen LogP contribution in [0.4, 0.5) is 11.4 Å². The fourth-order valence-electron chi connectivity index (χ4n) is 1.24. The molecule has 0 bridgehead atoms. The van der Waals surface area contributed by atoms with Crippen LogP contribution in [0.3, 0.4) is 0 Å². The molecule has 5 heteroatoms. The molecule has 0 unspecified atom stereocenters. The Labute approximate surface area is 87.5 Å². The first-order valence-electron chi connectivity index (χ1n) is 4.40. The van der Waals surface area contributed by atoms with Crippen molar-refractivity contribution in [2.45, 2.75) is 6.92 Å². The van der Waals surface area contributed by atoms with Crippen molar-refractivity contribution in [2.24, 2.45) is 0 Å². The molecule has 0 amide bonds. The van der Waals surface area contributed by atoms with Gasteiger partial charge in [0, 0.05) is 25.8 Å². The van der Waals surface area contributed by atoms with Crippen molar-refractivity contribution in [1.29, 1.82) is 0 Å². The third kappa shape index (κ3) is 2.31. The minimum absolute atomic E-state index is 0.145. The van der Waals surface area contributed by atoms with E-state index in [1.54, 1.807) is 11.0 Å². The number of anilines is 1. The maximum atomic E-state index is 11.2. The molecule has 1 aromatic carbocycles. The van der Waals surface area contributed by atoms with E-state index in [0.29, 0.717) is 0 Å². The predicted octanol–water partition coefficient (Wildman–Crippen LogP) is 1.86. The van der Waals surface area contributed by atoms with E-state index >= 15 is 0 Å². The normalized spacial score (nSPS) is 9.80.